The van der Waals surface area contributed by atoms with Gasteiger partial charge in [-0.25, -0.2) is 4.98 Å². The highest BCUT2D eigenvalue weighted by Gasteiger charge is 2.19. The summed E-state index contributed by atoms with van der Waals surface area (Å²) >= 11 is 0. The standard InChI is InChI=1S/C14H10N2O/c17-13(10-5-2-1-3-6-10)12-9-11-7-4-8-15-14(11)16-12/h1-9,12H/t12-/m0/s1. The van der Waals surface area contributed by atoms with Gasteiger partial charge in [-0.15, -0.1) is 0 Å². The molecule has 0 unspecified atom stereocenters. The summed E-state index contributed by atoms with van der Waals surface area (Å²) in [7, 11) is 0. The van der Waals surface area contributed by atoms with E-state index in [-0.39, 0.29) is 5.78 Å². The van der Waals surface area contributed by atoms with E-state index in [4.69, 9.17) is 0 Å². The summed E-state index contributed by atoms with van der Waals surface area (Å²) in [4.78, 5) is 20.6. The third kappa shape index (κ3) is 1.76. The molecule has 17 heavy (non-hydrogen) atoms. The molecule has 1 aliphatic rings. The van der Waals surface area contributed by atoms with E-state index < -0.39 is 6.04 Å². The van der Waals surface area contributed by atoms with Crippen LogP contribution in [0.15, 0.2) is 53.7 Å². The minimum atomic E-state index is -0.428. The Morgan fingerprint density at radius 1 is 1.06 bits per heavy atom. The number of hydrogen-bond donors (Lipinski definition) is 0. The Morgan fingerprint density at radius 2 is 1.88 bits per heavy atom. The lowest BCUT2D eigenvalue weighted by Gasteiger charge is -2.02. The Bertz CT molecular complexity index is 642. The van der Waals surface area contributed by atoms with Crippen molar-refractivity contribution in [2.24, 2.45) is 4.99 Å². The van der Waals surface area contributed by atoms with Gasteiger partial charge in [0.2, 0.25) is 0 Å². The molecule has 1 atom stereocenters. The van der Waals surface area contributed by atoms with Crippen molar-refractivity contribution >= 4 is 11.9 Å². The van der Waals surface area contributed by atoms with Gasteiger partial charge in [-0.1, -0.05) is 30.3 Å². The first-order chi connectivity index (χ1) is 8.34. The van der Waals surface area contributed by atoms with Crippen LogP contribution in [0.1, 0.15) is 10.4 Å². The van der Waals surface area contributed by atoms with Crippen molar-refractivity contribution in [2.45, 2.75) is 6.04 Å². The van der Waals surface area contributed by atoms with Crippen LogP contribution in [0.25, 0.3) is 6.08 Å². The van der Waals surface area contributed by atoms with E-state index in [2.05, 4.69) is 9.98 Å². The fourth-order valence-electron chi connectivity index (χ4n) is 1.89. The molecule has 0 bridgehead atoms. The van der Waals surface area contributed by atoms with Crippen LogP contribution >= 0.6 is 0 Å². The maximum Gasteiger partial charge on any atom is 0.191 e. The average Bonchev–Trinajstić information content (AvgIpc) is 2.82. The van der Waals surface area contributed by atoms with Crippen LogP contribution < -0.4 is 10.7 Å². The molecule has 3 nitrogen and oxygen atoms in total. The number of Topliss-reactive ketones (excluding diaryl/α,β-unsaturated/α-hetero) is 1. The van der Waals surface area contributed by atoms with Gasteiger partial charge in [-0.3, -0.25) is 9.79 Å². The summed E-state index contributed by atoms with van der Waals surface area (Å²) in [5.41, 5.74) is 1.34. The summed E-state index contributed by atoms with van der Waals surface area (Å²) in [5, 5.41) is 0.932. The minimum Gasteiger partial charge on any atom is -0.291 e. The number of carbonyl (C=O) groups is 1. The van der Waals surface area contributed by atoms with Crippen molar-refractivity contribution in [3.05, 3.63) is 64.9 Å². The molecule has 2 aromatic rings. The van der Waals surface area contributed by atoms with E-state index in [0.717, 1.165) is 5.22 Å². The molecule has 2 heterocycles. The first-order valence-corrected chi connectivity index (χ1v) is 5.44. The van der Waals surface area contributed by atoms with Crippen molar-refractivity contribution < 1.29 is 4.79 Å². The van der Waals surface area contributed by atoms with Crippen molar-refractivity contribution in [3.63, 3.8) is 0 Å². The van der Waals surface area contributed by atoms with Crippen LogP contribution in [0.2, 0.25) is 0 Å². The largest absolute Gasteiger partial charge is 0.291 e. The summed E-state index contributed by atoms with van der Waals surface area (Å²) in [6.45, 7) is 0. The number of hydrogen-bond acceptors (Lipinski definition) is 3. The van der Waals surface area contributed by atoms with Crippen LogP contribution in [0, 0.1) is 0 Å². The number of ketones is 1. The lowest BCUT2D eigenvalue weighted by molar-refractivity contribution is 0.0983. The molecule has 3 heteroatoms. The zero-order valence-corrected chi connectivity index (χ0v) is 9.08. The van der Waals surface area contributed by atoms with Gasteiger partial charge in [0.05, 0.1) is 0 Å². The number of nitrogens with zero attached hydrogens (tertiary/aromatic N) is 2. The van der Waals surface area contributed by atoms with E-state index in [1.807, 2.05) is 48.5 Å². The highest BCUT2D eigenvalue weighted by atomic mass is 16.1. The second-order valence-electron chi connectivity index (χ2n) is 3.89. The summed E-state index contributed by atoms with van der Waals surface area (Å²) in [6.07, 6.45) is 3.54. The molecule has 0 aliphatic carbocycles. The van der Waals surface area contributed by atoms with E-state index >= 15 is 0 Å². The van der Waals surface area contributed by atoms with Crippen LogP contribution in [0.3, 0.4) is 0 Å². The maximum atomic E-state index is 12.2. The Hall–Kier alpha value is -2.29. The molecule has 0 N–H and O–H groups in total. The quantitative estimate of drug-likeness (QED) is 0.703. The molecule has 1 aromatic carbocycles. The molecule has 0 fully saturated rings. The molecule has 0 saturated carbocycles. The fourth-order valence-corrected chi connectivity index (χ4v) is 1.89. The molecule has 1 aromatic heterocycles. The number of carbonyl (C=O) groups excluding carboxylic acids is 1. The smallest absolute Gasteiger partial charge is 0.191 e. The topological polar surface area (TPSA) is 42.3 Å². The molecule has 0 spiro atoms. The SMILES string of the molecule is O=C(c1ccccc1)[C@@H]1C=c2cccnc2=N1. The molecule has 1 aliphatic heterocycles. The van der Waals surface area contributed by atoms with E-state index in [1.165, 1.54) is 0 Å². The average molecular weight is 222 g/mol. The lowest BCUT2D eigenvalue weighted by Crippen LogP contribution is -2.23. The lowest BCUT2D eigenvalue weighted by atomic mass is 10.1. The molecule has 3 rings (SSSR count). The van der Waals surface area contributed by atoms with Gasteiger partial charge in [0.25, 0.3) is 0 Å². The molecule has 0 amide bonds. The van der Waals surface area contributed by atoms with Crippen LogP contribution in [0.4, 0.5) is 0 Å². The fraction of sp³-hybridized carbons (Fsp3) is 0.0714. The Kier molecular flexibility index (Phi) is 2.29. The van der Waals surface area contributed by atoms with Gasteiger partial charge in [-0.05, 0) is 18.2 Å². The van der Waals surface area contributed by atoms with Crippen molar-refractivity contribution in [2.75, 3.05) is 0 Å². The molecular weight excluding hydrogens is 212 g/mol. The van der Waals surface area contributed by atoms with E-state index in [9.17, 15) is 4.79 Å². The number of aromatic nitrogens is 1. The normalized spacial score (nSPS) is 16.8. The first kappa shape index (κ1) is 9.90. The highest BCUT2D eigenvalue weighted by molar-refractivity contribution is 6.04. The Labute approximate surface area is 98.2 Å². The van der Waals surface area contributed by atoms with Crippen LogP contribution in [-0.2, 0) is 0 Å². The van der Waals surface area contributed by atoms with E-state index in [0.29, 0.717) is 11.1 Å². The van der Waals surface area contributed by atoms with Gasteiger partial charge in [0, 0.05) is 17.0 Å². The number of fused-ring (bicyclic) bond motifs is 1. The summed E-state index contributed by atoms with van der Waals surface area (Å²) in [5.74, 6) is 0.0172. The van der Waals surface area contributed by atoms with Gasteiger partial charge in [0.15, 0.2) is 11.3 Å². The number of pyridine rings is 1. The van der Waals surface area contributed by atoms with Gasteiger partial charge >= 0.3 is 0 Å². The van der Waals surface area contributed by atoms with Crippen LogP contribution in [0.5, 0.6) is 0 Å². The van der Waals surface area contributed by atoms with Crippen molar-refractivity contribution in [3.8, 4) is 0 Å². The predicted octanol–water partition coefficient (Wildman–Crippen LogP) is 0.747. The van der Waals surface area contributed by atoms with Crippen LogP contribution in [-0.4, -0.2) is 16.8 Å². The molecule has 82 valence electrons. The van der Waals surface area contributed by atoms with Gasteiger partial charge < -0.3 is 0 Å². The summed E-state index contributed by atoms with van der Waals surface area (Å²) in [6, 6.07) is 12.6. The zero-order valence-electron chi connectivity index (χ0n) is 9.08. The minimum absolute atomic E-state index is 0.0172. The molecule has 0 saturated heterocycles. The second kappa shape index (κ2) is 3.94. The Morgan fingerprint density at radius 3 is 2.65 bits per heavy atom. The highest BCUT2D eigenvalue weighted by Crippen LogP contribution is 2.08. The predicted molar refractivity (Wildman–Crippen MR) is 64.0 cm³/mol. The maximum absolute atomic E-state index is 12.2. The summed E-state index contributed by atoms with van der Waals surface area (Å²) < 4.78 is 0. The number of benzene rings is 1. The molecule has 0 radical (unpaired) electrons. The second-order valence-corrected chi connectivity index (χ2v) is 3.89. The monoisotopic (exact) mass is 222 g/mol. The van der Waals surface area contributed by atoms with Crippen molar-refractivity contribution in [1.29, 1.82) is 0 Å². The Balaban J connectivity index is 2.00. The third-order valence-corrected chi connectivity index (χ3v) is 2.74. The molecular formula is C14H10N2O. The third-order valence-electron chi connectivity index (χ3n) is 2.74. The number of rotatable bonds is 2. The first-order valence-electron chi connectivity index (χ1n) is 5.44. The van der Waals surface area contributed by atoms with Gasteiger partial charge in [0.1, 0.15) is 6.04 Å². The van der Waals surface area contributed by atoms with Crippen molar-refractivity contribution in [1.82, 2.24) is 4.98 Å². The van der Waals surface area contributed by atoms with Gasteiger partial charge in [-0.2, -0.15) is 0 Å². The zero-order chi connectivity index (χ0) is 11.7. The van der Waals surface area contributed by atoms with E-state index in [1.54, 1.807) is 6.20 Å².